The van der Waals surface area contributed by atoms with Gasteiger partial charge in [0.15, 0.2) is 0 Å². The number of halogens is 1. The summed E-state index contributed by atoms with van der Waals surface area (Å²) in [7, 11) is 0. The summed E-state index contributed by atoms with van der Waals surface area (Å²) in [6.07, 6.45) is 4.56. The third-order valence-electron chi connectivity index (χ3n) is 0.707. The normalized spacial score (nSPS) is 6.00. The summed E-state index contributed by atoms with van der Waals surface area (Å²) in [5.41, 5.74) is 0. The Hall–Kier alpha value is 1.10. The van der Waals surface area contributed by atoms with Crippen molar-refractivity contribution in [3.63, 3.8) is 0 Å². The van der Waals surface area contributed by atoms with E-state index in [0.717, 1.165) is 12.8 Å². The summed E-state index contributed by atoms with van der Waals surface area (Å²) in [5.74, 6) is 0. The molecule has 2 heteroatoms. The van der Waals surface area contributed by atoms with Crippen molar-refractivity contribution in [2.24, 2.45) is 0 Å². The van der Waals surface area contributed by atoms with Gasteiger partial charge in [0, 0.05) is 0 Å². The molecule has 0 fully saturated rings. The topological polar surface area (TPSA) is 0 Å². The molecule has 0 aromatic heterocycles. The number of unbranched alkanes of at least 4 members (excludes halogenated alkanes) is 2. The fraction of sp³-hybridized carbons (Fsp3) is 0.750. The van der Waals surface area contributed by atoms with E-state index in [1.165, 1.54) is 12.8 Å². The van der Waals surface area contributed by atoms with E-state index < -0.39 is 0 Å². The maximum Gasteiger partial charge on any atom is 2.00 e. The standard InChI is InChI=1S/2C4H9.BrH.Zn/c2*1-3-4-2;;/h2*1,3-4H2,2H3;1H;/q2*-1;;+2. The van der Waals surface area contributed by atoms with Gasteiger partial charge in [0.05, 0.1) is 0 Å². The molecule has 0 aromatic rings. The van der Waals surface area contributed by atoms with E-state index >= 15 is 0 Å². The number of hydrogen-bond acceptors (Lipinski definition) is 0. The summed E-state index contributed by atoms with van der Waals surface area (Å²) in [4.78, 5) is 0. The van der Waals surface area contributed by atoms with Crippen LogP contribution >= 0.6 is 17.0 Å². The van der Waals surface area contributed by atoms with Gasteiger partial charge in [0.1, 0.15) is 0 Å². The summed E-state index contributed by atoms with van der Waals surface area (Å²) >= 11 is 0. The molecule has 0 aliphatic rings. The average Bonchev–Trinajstić information content (AvgIpc) is 1.88. The zero-order valence-electron chi connectivity index (χ0n) is 7.36. The molecule has 10 heavy (non-hydrogen) atoms. The molecule has 0 spiro atoms. The Balaban J connectivity index is -0.0000000300. The zero-order chi connectivity index (χ0) is 6.83. The second-order valence-corrected chi connectivity index (χ2v) is 1.71. The Kier molecular flexibility index (Phi) is 72.2. The molecule has 0 unspecified atom stereocenters. The quantitative estimate of drug-likeness (QED) is 0.523. The SMILES string of the molecule is Br.[CH2-]CCC.[CH2-]CCC.[Zn+2]. The smallest absolute Gasteiger partial charge is 0.343 e. The molecule has 0 amide bonds. The summed E-state index contributed by atoms with van der Waals surface area (Å²) in [6.45, 7) is 11.4. The van der Waals surface area contributed by atoms with Crippen LogP contribution in [0.5, 0.6) is 0 Å². The van der Waals surface area contributed by atoms with Crippen molar-refractivity contribution >= 4 is 17.0 Å². The molecule has 0 saturated heterocycles. The molecular formula is C8H19BrZn. The minimum Gasteiger partial charge on any atom is -0.343 e. The Morgan fingerprint density at radius 1 is 0.900 bits per heavy atom. The summed E-state index contributed by atoms with van der Waals surface area (Å²) in [5, 5.41) is 0. The first-order valence-electron chi connectivity index (χ1n) is 3.41. The van der Waals surface area contributed by atoms with Crippen LogP contribution in [0.3, 0.4) is 0 Å². The Morgan fingerprint density at radius 2 is 1.00 bits per heavy atom. The van der Waals surface area contributed by atoms with Crippen LogP contribution in [0.1, 0.15) is 39.5 Å². The first-order chi connectivity index (χ1) is 3.83. The molecule has 60 valence electrons. The third kappa shape index (κ3) is 62.1. The Labute approximate surface area is 89.7 Å². The van der Waals surface area contributed by atoms with Crippen molar-refractivity contribution in [3.8, 4) is 0 Å². The molecule has 0 bridgehead atoms. The molecule has 0 N–H and O–H groups in total. The zero-order valence-corrected chi connectivity index (χ0v) is 12.0. The number of hydrogen-bond donors (Lipinski definition) is 0. The fourth-order valence-electron chi connectivity index (χ4n) is 0. The minimum absolute atomic E-state index is 0. The Morgan fingerprint density at radius 3 is 1.00 bits per heavy atom. The van der Waals surface area contributed by atoms with Gasteiger partial charge in [-0.3, -0.25) is 0 Å². The van der Waals surface area contributed by atoms with Crippen LogP contribution in [0.15, 0.2) is 0 Å². The predicted molar refractivity (Wildman–Crippen MR) is 50.9 cm³/mol. The molecular weight excluding hydrogens is 241 g/mol. The van der Waals surface area contributed by atoms with Crippen LogP contribution in [0.2, 0.25) is 0 Å². The van der Waals surface area contributed by atoms with Crippen LogP contribution in [-0.2, 0) is 19.5 Å². The molecule has 0 aromatic carbocycles. The second kappa shape index (κ2) is 32.1. The maximum absolute atomic E-state index is 3.60. The van der Waals surface area contributed by atoms with Crippen molar-refractivity contribution < 1.29 is 19.5 Å². The van der Waals surface area contributed by atoms with Gasteiger partial charge in [0.2, 0.25) is 0 Å². The largest absolute Gasteiger partial charge is 2.00 e. The molecule has 0 saturated carbocycles. The van der Waals surface area contributed by atoms with Crippen LogP contribution in [-0.4, -0.2) is 0 Å². The van der Waals surface area contributed by atoms with Gasteiger partial charge in [-0.2, -0.15) is 12.8 Å². The molecule has 0 aliphatic carbocycles. The second-order valence-electron chi connectivity index (χ2n) is 1.71. The molecule has 0 atom stereocenters. The van der Waals surface area contributed by atoms with Crippen LogP contribution in [0, 0.1) is 13.8 Å². The van der Waals surface area contributed by atoms with Crippen molar-refractivity contribution in [1.82, 2.24) is 0 Å². The van der Waals surface area contributed by atoms with E-state index in [2.05, 4.69) is 27.7 Å². The first kappa shape index (κ1) is 22.5. The van der Waals surface area contributed by atoms with Gasteiger partial charge in [-0.1, -0.05) is 26.7 Å². The van der Waals surface area contributed by atoms with E-state index in [-0.39, 0.29) is 36.5 Å². The van der Waals surface area contributed by atoms with Gasteiger partial charge in [0.25, 0.3) is 0 Å². The van der Waals surface area contributed by atoms with E-state index in [1.807, 2.05) is 0 Å². The third-order valence-corrected chi connectivity index (χ3v) is 0.707. The summed E-state index contributed by atoms with van der Waals surface area (Å²) < 4.78 is 0. The van der Waals surface area contributed by atoms with Gasteiger partial charge < -0.3 is 13.8 Å². The fourth-order valence-corrected chi connectivity index (χ4v) is 0. The Bertz CT molecular complexity index is 17.2. The van der Waals surface area contributed by atoms with E-state index in [9.17, 15) is 0 Å². The van der Waals surface area contributed by atoms with Gasteiger partial charge in [-0.25, -0.2) is 0 Å². The van der Waals surface area contributed by atoms with Crippen molar-refractivity contribution in [2.75, 3.05) is 0 Å². The van der Waals surface area contributed by atoms with E-state index in [1.54, 1.807) is 0 Å². The van der Waals surface area contributed by atoms with E-state index in [4.69, 9.17) is 0 Å². The van der Waals surface area contributed by atoms with Gasteiger partial charge in [-0.05, 0) is 0 Å². The van der Waals surface area contributed by atoms with Gasteiger partial charge >= 0.3 is 19.5 Å². The molecule has 0 aliphatic heterocycles. The van der Waals surface area contributed by atoms with Crippen LogP contribution in [0.25, 0.3) is 0 Å². The van der Waals surface area contributed by atoms with E-state index in [0.29, 0.717) is 0 Å². The van der Waals surface area contributed by atoms with Crippen LogP contribution < -0.4 is 0 Å². The molecule has 0 heterocycles. The average molecular weight is 261 g/mol. The minimum atomic E-state index is 0. The monoisotopic (exact) mass is 258 g/mol. The number of rotatable bonds is 2. The van der Waals surface area contributed by atoms with Gasteiger partial charge in [-0.15, -0.1) is 17.0 Å². The molecule has 0 nitrogen and oxygen atoms in total. The van der Waals surface area contributed by atoms with Crippen molar-refractivity contribution in [2.45, 2.75) is 39.5 Å². The van der Waals surface area contributed by atoms with Crippen LogP contribution in [0.4, 0.5) is 0 Å². The summed E-state index contributed by atoms with van der Waals surface area (Å²) in [6, 6.07) is 0. The van der Waals surface area contributed by atoms with Crippen molar-refractivity contribution in [1.29, 1.82) is 0 Å². The van der Waals surface area contributed by atoms with Crippen molar-refractivity contribution in [3.05, 3.63) is 13.8 Å². The molecule has 0 rings (SSSR count). The molecule has 0 radical (unpaired) electrons. The maximum atomic E-state index is 3.60. The first-order valence-corrected chi connectivity index (χ1v) is 3.41. The predicted octanol–water partition coefficient (Wildman–Crippen LogP) is 3.82.